The van der Waals surface area contributed by atoms with E-state index < -0.39 is 33.0 Å². The molecule has 1 heterocycles. The lowest BCUT2D eigenvalue weighted by molar-refractivity contribution is 0.0527. The van der Waals surface area contributed by atoms with Crippen LogP contribution in [0.1, 0.15) is 43.9 Å². The first kappa shape index (κ1) is 44.3. The summed E-state index contributed by atoms with van der Waals surface area (Å²) in [6.07, 6.45) is -0.552. The van der Waals surface area contributed by atoms with Gasteiger partial charge in [-0.25, -0.2) is 17.9 Å². The number of nitrogens with one attached hydrogen (secondary N) is 1. The van der Waals surface area contributed by atoms with Gasteiger partial charge >= 0.3 is 6.09 Å². The average molecular weight is 947 g/mol. The van der Waals surface area contributed by atoms with Gasteiger partial charge in [0.05, 0.1) is 39.1 Å². The summed E-state index contributed by atoms with van der Waals surface area (Å²) in [4.78, 5) is 12.0. The molecule has 0 spiro atoms. The number of hydrogen-bond donors (Lipinski definition) is 1. The minimum absolute atomic E-state index is 0.0447. The van der Waals surface area contributed by atoms with Crippen molar-refractivity contribution in [3.63, 3.8) is 0 Å². The molecule has 0 bridgehead atoms. The summed E-state index contributed by atoms with van der Waals surface area (Å²) in [5.41, 5.74) is 1.33. The number of nitrogens with zero attached hydrogens (tertiary/aromatic N) is 6. The number of halogens is 1. The van der Waals surface area contributed by atoms with Gasteiger partial charge in [0, 0.05) is 41.0 Å². The van der Waals surface area contributed by atoms with Gasteiger partial charge in [-0.2, -0.15) is 4.31 Å². The molecule has 5 rings (SSSR count). The van der Waals surface area contributed by atoms with Gasteiger partial charge in [0.2, 0.25) is 10.0 Å². The Morgan fingerprint density at radius 1 is 0.845 bits per heavy atom. The summed E-state index contributed by atoms with van der Waals surface area (Å²) < 4.78 is 82.9. The molecule has 16 nitrogen and oxygen atoms in total. The maximum absolute atomic E-state index is 15.6. The molecule has 1 aromatic heterocycles. The van der Waals surface area contributed by atoms with Crippen LogP contribution in [0.5, 0.6) is 17.2 Å². The molecular formula is C39H45IN7O9S2-. The summed E-state index contributed by atoms with van der Waals surface area (Å²) >= 11 is -0.962. The minimum atomic E-state index is -4.64. The normalized spacial score (nSPS) is 12.2. The van der Waals surface area contributed by atoms with Crippen molar-refractivity contribution in [3.8, 4) is 28.6 Å². The number of tetrazole rings is 1. The van der Waals surface area contributed by atoms with Crippen molar-refractivity contribution in [2.75, 3.05) is 38.7 Å². The van der Waals surface area contributed by atoms with E-state index in [1.807, 2.05) is 34.7 Å². The van der Waals surface area contributed by atoms with Crippen molar-refractivity contribution in [1.82, 2.24) is 29.8 Å². The van der Waals surface area contributed by atoms with Gasteiger partial charge in [-0.1, -0.05) is 36.4 Å². The molecule has 0 aliphatic carbocycles. The Morgan fingerprint density at radius 3 is 1.84 bits per heavy atom. The number of carbonyl (C=O) groups excluding carboxylic acids is 1. The fourth-order valence-corrected chi connectivity index (χ4v) is 9.15. The summed E-state index contributed by atoms with van der Waals surface area (Å²) in [5.74, 6) is 1.93. The van der Waals surface area contributed by atoms with Crippen LogP contribution in [0.2, 0.25) is 0 Å². The largest absolute Gasteiger partial charge is 0.755 e. The van der Waals surface area contributed by atoms with E-state index in [0.717, 1.165) is 9.87 Å². The van der Waals surface area contributed by atoms with Gasteiger partial charge in [-0.05, 0) is 125 Å². The number of anilines is 1. The highest BCUT2D eigenvalue weighted by molar-refractivity contribution is 14.1. The van der Waals surface area contributed by atoms with Crippen LogP contribution in [0.3, 0.4) is 0 Å². The predicted octanol–water partition coefficient (Wildman–Crippen LogP) is 5.93. The number of aromatic nitrogens is 4. The van der Waals surface area contributed by atoms with Crippen LogP contribution >= 0.6 is 22.6 Å². The van der Waals surface area contributed by atoms with E-state index in [1.54, 1.807) is 94.6 Å². The van der Waals surface area contributed by atoms with Crippen LogP contribution < -0.4 is 23.8 Å². The second kappa shape index (κ2) is 19.7. The van der Waals surface area contributed by atoms with Crippen LogP contribution in [-0.2, 0) is 45.7 Å². The minimum Gasteiger partial charge on any atom is -0.755 e. The number of methoxy groups -OCH3 is 3. The molecule has 0 saturated carbocycles. The molecule has 0 aliphatic heterocycles. The van der Waals surface area contributed by atoms with Crippen molar-refractivity contribution < 1.29 is 40.9 Å². The Bertz CT molecular complexity index is 2240. The van der Waals surface area contributed by atoms with Gasteiger partial charge in [0.25, 0.3) is 0 Å². The number of hydrogen-bond acceptors (Lipinski definition) is 12. The number of benzene rings is 4. The molecule has 1 unspecified atom stereocenters. The monoisotopic (exact) mass is 946 g/mol. The topological polar surface area (TPSA) is 190 Å². The van der Waals surface area contributed by atoms with Gasteiger partial charge in [-0.3, -0.25) is 4.21 Å². The van der Waals surface area contributed by atoms with Crippen molar-refractivity contribution in [2.24, 2.45) is 0 Å². The van der Waals surface area contributed by atoms with E-state index in [9.17, 15) is 13.6 Å². The van der Waals surface area contributed by atoms with E-state index in [0.29, 0.717) is 31.9 Å². The smallest absolute Gasteiger partial charge is 0.407 e. The zero-order chi connectivity index (χ0) is 42.0. The molecular weight excluding hydrogens is 902 g/mol. The van der Waals surface area contributed by atoms with Crippen molar-refractivity contribution in [2.45, 2.75) is 57.3 Å². The van der Waals surface area contributed by atoms with Crippen molar-refractivity contribution in [3.05, 3.63) is 105 Å². The fourth-order valence-electron chi connectivity index (χ4n) is 5.83. The van der Waals surface area contributed by atoms with E-state index in [-0.39, 0.29) is 61.1 Å². The predicted molar refractivity (Wildman–Crippen MR) is 226 cm³/mol. The third kappa shape index (κ3) is 11.4. The first-order chi connectivity index (χ1) is 27.6. The first-order valence-corrected chi connectivity index (χ1v) is 21.5. The number of ether oxygens (including phenoxy) is 4. The standard InChI is InChI=1S/C39H46IN7O9S2/c1-39(2,3)56-38(48)41-22-7-23-47(57(49)50)34-21-20-33(40)35(37-42-43-44-46(37)26-29-12-18-32(55-6)19-13-29)36(34)58(51,52)45(24-27-8-14-30(53-4)15-9-27)25-28-10-16-31(54-5)17-11-28/h8-21H,7,22-26H2,1-6H3,(H,41,48)(H,49,50)/p-1. The highest BCUT2D eigenvalue weighted by atomic mass is 127. The highest BCUT2D eigenvalue weighted by Crippen LogP contribution is 2.41. The molecule has 0 saturated heterocycles. The molecule has 0 fully saturated rings. The molecule has 0 aliphatic rings. The molecule has 19 heteroatoms. The Balaban J connectivity index is 1.66. The maximum Gasteiger partial charge on any atom is 0.407 e. The van der Waals surface area contributed by atoms with E-state index in [1.165, 1.54) is 29.3 Å². The van der Waals surface area contributed by atoms with E-state index in [2.05, 4.69) is 20.8 Å². The third-order valence-corrected chi connectivity index (χ3v) is 12.1. The van der Waals surface area contributed by atoms with Crippen LogP contribution in [-0.4, -0.2) is 87.8 Å². The SMILES string of the molecule is COc1ccc(CN(Cc2ccc(OC)cc2)S(=O)(=O)c2c(N(CCCNC(=O)OC(C)(C)C)S(=O)[O-])ccc(I)c2-c2nnnn2Cc2ccc(OC)cc2)cc1. The summed E-state index contributed by atoms with van der Waals surface area (Å²) in [5, 5.41) is 15.1. The lowest BCUT2D eigenvalue weighted by Crippen LogP contribution is -2.36. The highest BCUT2D eigenvalue weighted by Gasteiger charge is 2.36. The van der Waals surface area contributed by atoms with Crippen LogP contribution in [0.15, 0.2) is 89.8 Å². The van der Waals surface area contributed by atoms with Crippen LogP contribution in [0.25, 0.3) is 11.4 Å². The maximum atomic E-state index is 15.6. The van der Waals surface area contributed by atoms with Gasteiger partial charge in [0.15, 0.2) is 5.82 Å². The summed E-state index contributed by atoms with van der Waals surface area (Å²) in [6, 6.07) is 24.3. The second-order valence-corrected chi connectivity index (χ2v) is 17.8. The molecule has 5 aromatic rings. The Hall–Kier alpha value is -4.83. The number of carbonyl (C=O) groups is 1. The number of rotatable bonds is 18. The molecule has 4 aromatic carbocycles. The van der Waals surface area contributed by atoms with Gasteiger partial charge in [-0.15, -0.1) is 5.10 Å². The molecule has 1 atom stereocenters. The summed E-state index contributed by atoms with van der Waals surface area (Å²) in [7, 11) is -0.00359. The number of alkyl carbamates (subject to hydrolysis) is 1. The Labute approximate surface area is 354 Å². The fraction of sp³-hybridized carbons (Fsp3) is 0.333. The van der Waals surface area contributed by atoms with Crippen LogP contribution in [0, 0.1) is 3.57 Å². The summed E-state index contributed by atoms with van der Waals surface area (Å²) in [6.45, 7) is 4.99. The quantitative estimate of drug-likeness (QED) is 0.0621. The molecule has 1 amide bonds. The Morgan fingerprint density at radius 2 is 1.36 bits per heavy atom. The molecule has 310 valence electrons. The lowest BCUT2D eigenvalue weighted by atomic mass is 10.1. The van der Waals surface area contributed by atoms with Gasteiger partial charge < -0.3 is 33.1 Å². The molecule has 1 N–H and O–H groups in total. The van der Waals surface area contributed by atoms with E-state index in [4.69, 9.17) is 18.9 Å². The Kier molecular flexibility index (Phi) is 15.1. The van der Waals surface area contributed by atoms with Crippen molar-refractivity contribution >= 4 is 55.7 Å². The zero-order valence-electron chi connectivity index (χ0n) is 32.9. The average Bonchev–Trinajstić information content (AvgIpc) is 3.65. The van der Waals surface area contributed by atoms with Gasteiger partial charge in [0.1, 0.15) is 27.7 Å². The second-order valence-electron chi connectivity index (χ2n) is 13.8. The molecule has 0 radical (unpaired) electrons. The van der Waals surface area contributed by atoms with E-state index >= 15 is 8.42 Å². The van der Waals surface area contributed by atoms with Crippen molar-refractivity contribution in [1.29, 1.82) is 0 Å². The number of sulfonamides is 1. The third-order valence-electron chi connectivity index (χ3n) is 8.62. The zero-order valence-corrected chi connectivity index (χ0v) is 36.7. The molecule has 58 heavy (non-hydrogen) atoms. The van der Waals surface area contributed by atoms with Crippen LogP contribution in [0.4, 0.5) is 10.5 Å². The first-order valence-electron chi connectivity index (χ1n) is 17.9. The lowest BCUT2D eigenvalue weighted by Gasteiger charge is -2.32. The number of amides is 1.